The Labute approximate surface area is 111 Å². The molecule has 0 fully saturated rings. The minimum atomic E-state index is -0.438. The molecule has 0 saturated heterocycles. The summed E-state index contributed by atoms with van der Waals surface area (Å²) < 4.78 is 5.71. The van der Waals surface area contributed by atoms with Crippen LogP contribution < -0.4 is 11.1 Å². The lowest BCUT2D eigenvalue weighted by molar-refractivity contribution is 0.555. The van der Waals surface area contributed by atoms with Gasteiger partial charge in [-0.25, -0.2) is 4.79 Å². The van der Waals surface area contributed by atoms with Crippen LogP contribution in [-0.2, 0) is 6.54 Å². The van der Waals surface area contributed by atoms with Crippen LogP contribution >= 0.6 is 22.9 Å². The third-order valence-electron chi connectivity index (χ3n) is 2.51. The average molecular weight is 281 g/mol. The van der Waals surface area contributed by atoms with Crippen molar-refractivity contribution in [1.29, 1.82) is 0 Å². The monoisotopic (exact) mass is 280 g/mol. The van der Waals surface area contributed by atoms with Crippen molar-refractivity contribution >= 4 is 39.7 Å². The molecule has 0 bridgehead atoms. The Morgan fingerprint density at radius 3 is 3.00 bits per heavy atom. The molecule has 6 heteroatoms. The number of benzene rings is 1. The zero-order chi connectivity index (χ0) is 12.5. The molecule has 0 spiro atoms. The van der Waals surface area contributed by atoms with Gasteiger partial charge in [-0.15, -0.1) is 11.3 Å². The summed E-state index contributed by atoms with van der Waals surface area (Å²) in [6.07, 6.45) is 0. The van der Waals surface area contributed by atoms with Crippen molar-refractivity contribution < 1.29 is 4.42 Å². The lowest BCUT2D eigenvalue weighted by atomic mass is 10.3. The molecule has 4 nitrogen and oxygen atoms in total. The second-order valence-corrected chi connectivity index (χ2v) is 5.58. The van der Waals surface area contributed by atoms with Gasteiger partial charge in [0, 0.05) is 17.1 Å². The van der Waals surface area contributed by atoms with Gasteiger partial charge in [-0.3, -0.25) is 4.98 Å². The van der Waals surface area contributed by atoms with Crippen LogP contribution in [0.3, 0.4) is 0 Å². The first kappa shape index (κ1) is 11.4. The average Bonchev–Trinajstić information content (AvgIpc) is 2.90. The van der Waals surface area contributed by atoms with Crippen LogP contribution in [0.4, 0.5) is 5.69 Å². The minimum absolute atomic E-state index is 0.438. The molecule has 2 heterocycles. The van der Waals surface area contributed by atoms with Gasteiger partial charge in [-0.2, -0.15) is 0 Å². The normalized spacial score (nSPS) is 10.9. The van der Waals surface area contributed by atoms with Gasteiger partial charge >= 0.3 is 5.76 Å². The highest BCUT2D eigenvalue weighted by atomic mass is 35.5. The summed E-state index contributed by atoms with van der Waals surface area (Å²) in [5, 5.41) is 3.26. The first-order valence-corrected chi connectivity index (χ1v) is 6.51. The molecule has 0 aliphatic rings. The number of thiophene rings is 1. The van der Waals surface area contributed by atoms with Crippen LogP contribution in [0.2, 0.25) is 4.34 Å². The molecule has 1 aromatic carbocycles. The van der Waals surface area contributed by atoms with Gasteiger partial charge in [0.2, 0.25) is 0 Å². The SMILES string of the molecule is O=c1[nH]c2cc(NCc3ccc(Cl)s3)ccc2o1. The highest BCUT2D eigenvalue weighted by molar-refractivity contribution is 7.16. The molecule has 0 saturated carbocycles. The maximum absolute atomic E-state index is 11.0. The second-order valence-electron chi connectivity index (χ2n) is 3.78. The summed E-state index contributed by atoms with van der Waals surface area (Å²) in [5.74, 6) is -0.438. The van der Waals surface area contributed by atoms with Crippen LogP contribution in [0.1, 0.15) is 4.88 Å². The van der Waals surface area contributed by atoms with Crippen LogP contribution in [-0.4, -0.2) is 4.98 Å². The standard InChI is InChI=1S/C12H9ClN2O2S/c13-11-4-2-8(18-11)6-14-7-1-3-10-9(5-7)15-12(16)17-10/h1-5,14H,6H2,(H,15,16). The first-order chi connectivity index (χ1) is 8.70. The predicted molar refractivity (Wildman–Crippen MR) is 73.5 cm³/mol. The van der Waals surface area contributed by atoms with Gasteiger partial charge in [-0.05, 0) is 30.3 Å². The Bertz CT molecular complexity index is 744. The van der Waals surface area contributed by atoms with Gasteiger partial charge in [0.15, 0.2) is 5.58 Å². The molecule has 0 radical (unpaired) electrons. The Hall–Kier alpha value is -1.72. The smallest absolute Gasteiger partial charge is 0.408 e. The number of nitrogens with one attached hydrogen (secondary N) is 2. The molecular weight excluding hydrogens is 272 g/mol. The van der Waals surface area contributed by atoms with Crippen molar-refractivity contribution in [3.63, 3.8) is 0 Å². The van der Waals surface area contributed by atoms with E-state index in [1.54, 1.807) is 17.4 Å². The van der Waals surface area contributed by atoms with E-state index < -0.39 is 5.76 Å². The molecule has 3 rings (SSSR count). The number of halogens is 1. The summed E-state index contributed by atoms with van der Waals surface area (Å²) >= 11 is 7.40. The molecule has 0 aliphatic carbocycles. The Balaban J connectivity index is 1.80. The summed E-state index contributed by atoms with van der Waals surface area (Å²) in [6, 6.07) is 9.33. The third kappa shape index (κ3) is 2.27. The minimum Gasteiger partial charge on any atom is -0.408 e. The first-order valence-electron chi connectivity index (χ1n) is 5.32. The van der Waals surface area contributed by atoms with Crippen molar-refractivity contribution in [1.82, 2.24) is 4.98 Å². The number of anilines is 1. The largest absolute Gasteiger partial charge is 0.417 e. The molecule has 0 amide bonds. The van der Waals surface area contributed by atoms with Gasteiger partial charge in [0.25, 0.3) is 0 Å². The maximum Gasteiger partial charge on any atom is 0.417 e. The number of aromatic nitrogens is 1. The highest BCUT2D eigenvalue weighted by Gasteiger charge is 2.02. The van der Waals surface area contributed by atoms with E-state index >= 15 is 0 Å². The van der Waals surface area contributed by atoms with Crippen molar-refractivity contribution in [2.45, 2.75) is 6.54 Å². The van der Waals surface area contributed by atoms with E-state index in [2.05, 4.69) is 10.3 Å². The van der Waals surface area contributed by atoms with Crippen molar-refractivity contribution in [2.24, 2.45) is 0 Å². The molecule has 0 unspecified atom stereocenters. The Morgan fingerprint density at radius 1 is 1.33 bits per heavy atom. The van der Waals surface area contributed by atoms with E-state index in [9.17, 15) is 4.79 Å². The lowest BCUT2D eigenvalue weighted by Crippen LogP contribution is -1.97. The van der Waals surface area contributed by atoms with E-state index in [1.165, 1.54) is 0 Å². The van der Waals surface area contributed by atoms with E-state index in [-0.39, 0.29) is 0 Å². The highest BCUT2D eigenvalue weighted by Crippen LogP contribution is 2.23. The molecule has 0 aliphatic heterocycles. The van der Waals surface area contributed by atoms with Crippen molar-refractivity contribution in [2.75, 3.05) is 5.32 Å². The summed E-state index contributed by atoms with van der Waals surface area (Å²) in [6.45, 7) is 0.699. The Kier molecular flexibility index (Phi) is 2.85. The van der Waals surface area contributed by atoms with Crippen LogP contribution in [0.15, 0.2) is 39.5 Å². The number of fused-ring (bicyclic) bond motifs is 1. The third-order valence-corrected chi connectivity index (χ3v) is 3.75. The fraction of sp³-hybridized carbons (Fsp3) is 0.0833. The van der Waals surface area contributed by atoms with Crippen molar-refractivity contribution in [3.05, 3.63) is 50.1 Å². The van der Waals surface area contributed by atoms with Crippen molar-refractivity contribution in [3.8, 4) is 0 Å². The zero-order valence-electron chi connectivity index (χ0n) is 9.20. The molecule has 2 N–H and O–H groups in total. The van der Waals surface area contributed by atoms with E-state index in [4.69, 9.17) is 16.0 Å². The topological polar surface area (TPSA) is 58.0 Å². The number of oxazole rings is 1. The van der Waals surface area contributed by atoms with Crippen LogP contribution in [0.25, 0.3) is 11.1 Å². The Morgan fingerprint density at radius 2 is 2.22 bits per heavy atom. The molecule has 92 valence electrons. The number of H-pyrrole nitrogens is 1. The predicted octanol–water partition coefficient (Wildman–Crippen LogP) is 3.45. The summed E-state index contributed by atoms with van der Waals surface area (Å²) in [7, 11) is 0. The number of rotatable bonds is 3. The molecule has 0 atom stereocenters. The summed E-state index contributed by atoms with van der Waals surface area (Å²) in [5.41, 5.74) is 2.17. The van der Waals surface area contributed by atoms with Gasteiger partial charge < -0.3 is 9.73 Å². The van der Waals surface area contributed by atoms with E-state index in [0.29, 0.717) is 17.6 Å². The fourth-order valence-electron chi connectivity index (χ4n) is 1.70. The number of hydrogen-bond acceptors (Lipinski definition) is 4. The van der Waals surface area contributed by atoms with Gasteiger partial charge in [0.05, 0.1) is 9.85 Å². The fourth-order valence-corrected chi connectivity index (χ4v) is 2.73. The summed E-state index contributed by atoms with van der Waals surface area (Å²) in [4.78, 5) is 14.8. The molecule has 3 aromatic rings. The maximum atomic E-state index is 11.0. The van der Waals surface area contributed by atoms with Crippen LogP contribution in [0.5, 0.6) is 0 Å². The second kappa shape index (κ2) is 4.51. The van der Waals surface area contributed by atoms with Gasteiger partial charge in [-0.1, -0.05) is 11.6 Å². The van der Waals surface area contributed by atoms with E-state index in [0.717, 1.165) is 14.9 Å². The molecular formula is C12H9ClN2O2S. The van der Waals surface area contributed by atoms with E-state index in [1.807, 2.05) is 24.3 Å². The number of hydrogen-bond donors (Lipinski definition) is 2. The quantitative estimate of drug-likeness (QED) is 0.772. The van der Waals surface area contributed by atoms with Crippen LogP contribution in [0, 0.1) is 0 Å². The molecule has 2 aromatic heterocycles. The zero-order valence-corrected chi connectivity index (χ0v) is 10.8. The lowest BCUT2D eigenvalue weighted by Gasteiger charge is -2.03. The van der Waals surface area contributed by atoms with Gasteiger partial charge in [0.1, 0.15) is 0 Å². The number of aromatic amines is 1. The molecule has 18 heavy (non-hydrogen) atoms.